The first-order valence-corrected chi connectivity index (χ1v) is 3.67. The fraction of sp³-hybridized carbons (Fsp3) is 0.667. The van der Waals surface area contributed by atoms with E-state index in [4.69, 9.17) is 11.6 Å². The zero-order valence-corrected chi connectivity index (χ0v) is 6.44. The molecule has 0 atom stereocenters. The highest BCUT2D eigenvalue weighted by Gasteiger charge is 2.42. The number of rotatable bonds is 1. The molecular weight excluding hydrogens is 150 g/mol. The van der Waals surface area contributed by atoms with Crippen molar-refractivity contribution in [2.45, 2.75) is 25.2 Å². The molecule has 1 aliphatic carbocycles. The average Bonchev–Trinajstić information content (AvgIpc) is 2.45. The van der Waals surface area contributed by atoms with Crippen molar-refractivity contribution < 1.29 is 0 Å². The SMILES string of the molecule is CC1(c2nc(Cl)n[nH]2)CC1. The zero-order chi connectivity index (χ0) is 7.19. The van der Waals surface area contributed by atoms with Crippen molar-refractivity contribution in [1.82, 2.24) is 15.2 Å². The van der Waals surface area contributed by atoms with Crippen LogP contribution in [0, 0.1) is 0 Å². The van der Waals surface area contributed by atoms with Crippen LogP contribution in [0.3, 0.4) is 0 Å². The third kappa shape index (κ3) is 0.814. The van der Waals surface area contributed by atoms with Crippen LogP contribution in [-0.2, 0) is 5.41 Å². The Balaban J connectivity index is 2.34. The van der Waals surface area contributed by atoms with Crippen LogP contribution in [0.5, 0.6) is 0 Å². The van der Waals surface area contributed by atoms with Crippen LogP contribution < -0.4 is 0 Å². The average molecular weight is 158 g/mol. The van der Waals surface area contributed by atoms with E-state index in [0.29, 0.717) is 5.28 Å². The largest absolute Gasteiger partial charge is 0.261 e. The van der Waals surface area contributed by atoms with E-state index in [9.17, 15) is 0 Å². The Morgan fingerprint density at radius 1 is 1.60 bits per heavy atom. The summed E-state index contributed by atoms with van der Waals surface area (Å²) < 4.78 is 0. The van der Waals surface area contributed by atoms with Gasteiger partial charge in [-0.3, -0.25) is 5.10 Å². The number of aromatic amines is 1. The molecule has 0 aliphatic heterocycles. The van der Waals surface area contributed by atoms with Gasteiger partial charge in [-0.1, -0.05) is 6.92 Å². The van der Waals surface area contributed by atoms with Gasteiger partial charge in [-0.15, -0.1) is 5.10 Å². The number of nitrogens with zero attached hydrogens (tertiary/aromatic N) is 2. The van der Waals surface area contributed by atoms with E-state index >= 15 is 0 Å². The fourth-order valence-corrected chi connectivity index (χ4v) is 1.06. The van der Waals surface area contributed by atoms with Gasteiger partial charge in [0.2, 0.25) is 5.28 Å². The van der Waals surface area contributed by atoms with Crippen LogP contribution >= 0.6 is 11.6 Å². The maximum Gasteiger partial charge on any atom is 0.242 e. The molecule has 3 nitrogen and oxygen atoms in total. The van der Waals surface area contributed by atoms with Crippen molar-refractivity contribution in [3.8, 4) is 0 Å². The minimum absolute atomic E-state index is 0.250. The van der Waals surface area contributed by atoms with Crippen molar-refractivity contribution in [3.05, 3.63) is 11.1 Å². The van der Waals surface area contributed by atoms with Gasteiger partial charge in [0.05, 0.1) is 0 Å². The molecule has 1 N–H and O–H groups in total. The number of hydrogen-bond donors (Lipinski definition) is 1. The molecule has 1 aliphatic rings. The van der Waals surface area contributed by atoms with Crippen LogP contribution in [0.1, 0.15) is 25.6 Å². The topological polar surface area (TPSA) is 41.6 Å². The summed E-state index contributed by atoms with van der Waals surface area (Å²) in [4.78, 5) is 4.04. The second-order valence-electron chi connectivity index (χ2n) is 3.01. The first-order chi connectivity index (χ1) is 4.71. The van der Waals surface area contributed by atoms with E-state index in [1.807, 2.05) is 0 Å². The van der Waals surface area contributed by atoms with Gasteiger partial charge in [0.15, 0.2) is 0 Å². The molecular formula is C6H8ClN3. The van der Waals surface area contributed by atoms with E-state index in [1.165, 1.54) is 12.8 Å². The maximum absolute atomic E-state index is 5.54. The molecule has 0 amide bonds. The molecule has 2 rings (SSSR count). The van der Waals surface area contributed by atoms with Gasteiger partial charge in [0.25, 0.3) is 0 Å². The lowest BCUT2D eigenvalue weighted by atomic mass is 10.1. The monoisotopic (exact) mass is 157 g/mol. The van der Waals surface area contributed by atoms with Gasteiger partial charge in [-0.2, -0.15) is 0 Å². The predicted molar refractivity (Wildman–Crippen MR) is 38.0 cm³/mol. The number of nitrogens with one attached hydrogen (secondary N) is 1. The van der Waals surface area contributed by atoms with E-state index in [2.05, 4.69) is 22.1 Å². The van der Waals surface area contributed by atoms with Gasteiger partial charge in [-0.25, -0.2) is 4.98 Å². The zero-order valence-electron chi connectivity index (χ0n) is 5.69. The molecule has 54 valence electrons. The first-order valence-electron chi connectivity index (χ1n) is 3.29. The number of hydrogen-bond acceptors (Lipinski definition) is 2. The van der Waals surface area contributed by atoms with Crippen LogP contribution in [-0.4, -0.2) is 15.2 Å². The van der Waals surface area contributed by atoms with Crippen molar-refractivity contribution in [2.75, 3.05) is 0 Å². The highest BCUT2D eigenvalue weighted by atomic mass is 35.5. The van der Waals surface area contributed by atoms with Crippen LogP contribution in [0.2, 0.25) is 5.28 Å². The molecule has 1 fully saturated rings. The Bertz CT molecular complexity index is 251. The molecule has 10 heavy (non-hydrogen) atoms. The second kappa shape index (κ2) is 1.72. The summed E-state index contributed by atoms with van der Waals surface area (Å²) in [5.41, 5.74) is 0.250. The minimum Gasteiger partial charge on any atom is -0.261 e. The number of aromatic nitrogens is 3. The summed E-state index contributed by atoms with van der Waals surface area (Å²) in [6.07, 6.45) is 2.39. The summed E-state index contributed by atoms with van der Waals surface area (Å²) in [5, 5.41) is 6.89. The lowest BCUT2D eigenvalue weighted by molar-refractivity contribution is 0.714. The molecule has 1 heterocycles. The smallest absolute Gasteiger partial charge is 0.242 e. The molecule has 0 bridgehead atoms. The Morgan fingerprint density at radius 3 is 2.70 bits per heavy atom. The van der Waals surface area contributed by atoms with Crippen molar-refractivity contribution in [1.29, 1.82) is 0 Å². The molecule has 1 saturated carbocycles. The predicted octanol–water partition coefficient (Wildman–Crippen LogP) is 1.51. The third-order valence-electron chi connectivity index (χ3n) is 2.03. The summed E-state index contributed by atoms with van der Waals surface area (Å²) in [6.45, 7) is 2.16. The second-order valence-corrected chi connectivity index (χ2v) is 3.35. The van der Waals surface area contributed by atoms with E-state index in [-0.39, 0.29) is 5.41 Å². The quantitative estimate of drug-likeness (QED) is 0.672. The van der Waals surface area contributed by atoms with Gasteiger partial charge in [0, 0.05) is 5.41 Å². The normalized spacial score (nSPS) is 21.0. The molecule has 0 saturated heterocycles. The summed E-state index contributed by atoms with van der Waals surface area (Å²) in [6, 6.07) is 0. The molecule has 0 unspecified atom stereocenters. The molecule has 4 heteroatoms. The number of H-pyrrole nitrogens is 1. The fourth-order valence-electron chi connectivity index (χ4n) is 0.936. The van der Waals surface area contributed by atoms with E-state index in [1.54, 1.807) is 0 Å². The molecule has 0 radical (unpaired) electrons. The third-order valence-corrected chi connectivity index (χ3v) is 2.20. The maximum atomic E-state index is 5.54. The van der Waals surface area contributed by atoms with Crippen molar-refractivity contribution >= 4 is 11.6 Å². The number of halogens is 1. The standard InChI is InChI=1S/C6H8ClN3/c1-6(2-3-6)4-8-5(7)10-9-4/h2-3H2,1H3,(H,8,9,10). The lowest BCUT2D eigenvalue weighted by Gasteiger charge is -1.98. The van der Waals surface area contributed by atoms with Gasteiger partial charge in [0.1, 0.15) is 5.82 Å². The Labute approximate surface area is 63.8 Å². The van der Waals surface area contributed by atoms with Gasteiger partial charge in [-0.05, 0) is 24.4 Å². The van der Waals surface area contributed by atoms with Crippen molar-refractivity contribution in [2.24, 2.45) is 0 Å². The van der Waals surface area contributed by atoms with Gasteiger partial charge >= 0.3 is 0 Å². The highest BCUT2D eigenvalue weighted by Crippen LogP contribution is 2.45. The van der Waals surface area contributed by atoms with Crippen LogP contribution in [0.25, 0.3) is 0 Å². The Kier molecular flexibility index (Phi) is 1.06. The first kappa shape index (κ1) is 6.16. The minimum atomic E-state index is 0.250. The summed E-state index contributed by atoms with van der Waals surface area (Å²) in [7, 11) is 0. The Hall–Kier alpha value is -0.570. The Morgan fingerprint density at radius 2 is 2.30 bits per heavy atom. The molecule has 1 aromatic rings. The lowest BCUT2D eigenvalue weighted by Crippen LogP contribution is -2.01. The van der Waals surface area contributed by atoms with E-state index < -0.39 is 0 Å². The molecule has 0 spiro atoms. The van der Waals surface area contributed by atoms with Crippen LogP contribution in [0.4, 0.5) is 0 Å². The molecule has 0 aromatic carbocycles. The molecule has 1 aromatic heterocycles. The van der Waals surface area contributed by atoms with E-state index in [0.717, 1.165) is 5.82 Å². The summed E-state index contributed by atoms with van der Waals surface area (Å²) in [5.74, 6) is 0.928. The van der Waals surface area contributed by atoms with Crippen LogP contribution in [0.15, 0.2) is 0 Å². The van der Waals surface area contributed by atoms with Crippen molar-refractivity contribution in [3.63, 3.8) is 0 Å². The summed E-state index contributed by atoms with van der Waals surface area (Å²) >= 11 is 5.54. The van der Waals surface area contributed by atoms with Gasteiger partial charge < -0.3 is 0 Å². The highest BCUT2D eigenvalue weighted by molar-refractivity contribution is 6.28.